The summed E-state index contributed by atoms with van der Waals surface area (Å²) in [5.74, 6) is 1.45. The predicted molar refractivity (Wildman–Crippen MR) is 73.0 cm³/mol. The Kier molecular flexibility index (Phi) is 2.92. The van der Waals surface area contributed by atoms with Gasteiger partial charge < -0.3 is 0 Å². The van der Waals surface area contributed by atoms with Gasteiger partial charge in [-0.05, 0) is 46.2 Å². The molecule has 0 saturated carbocycles. The molecule has 0 aliphatic rings. The van der Waals surface area contributed by atoms with E-state index in [-0.39, 0.29) is 0 Å². The maximum Gasteiger partial charge on any atom is 0.416 e. The Morgan fingerprint density at radius 2 is 1.72 bits per heavy atom. The zero-order valence-electron chi connectivity index (χ0n) is 11.4. The molecule has 18 heavy (non-hydrogen) atoms. The molecule has 0 unspecified atom stereocenters. The van der Waals surface area contributed by atoms with Crippen molar-refractivity contribution in [3.05, 3.63) is 39.0 Å². The van der Waals surface area contributed by atoms with Crippen molar-refractivity contribution in [2.45, 2.75) is 34.6 Å². The standard InChI is InChI=1S/C14H17N4/c1-8-7-9(2)13(16-11(8)4)18-14(15-6)10(3)12(5)17-18/h6-7H,1-5H3/q+1. The van der Waals surface area contributed by atoms with Gasteiger partial charge in [-0.1, -0.05) is 9.78 Å². The Morgan fingerprint density at radius 3 is 2.33 bits per heavy atom. The first-order valence-electron chi connectivity index (χ1n) is 5.88. The highest BCUT2D eigenvalue weighted by atomic mass is 15.3. The van der Waals surface area contributed by atoms with E-state index in [0.717, 1.165) is 28.3 Å². The highest BCUT2D eigenvalue weighted by Crippen LogP contribution is 2.26. The maximum atomic E-state index is 5.46. The number of rotatable bonds is 1. The number of hydrogen-bond acceptors (Lipinski definition) is 2. The zero-order valence-corrected chi connectivity index (χ0v) is 11.4. The second kappa shape index (κ2) is 4.26. The Morgan fingerprint density at radius 1 is 1.06 bits per heavy atom. The average Bonchev–Trinajstić information content (AvgIpc) is 2.60. The van der Waals surface area contributed by atoms with Gasteiger partial charge in [0.15, 0.2) is 0 Å². The van der Waals surface area contributed by atoms with Crippen LogP contribution in [0.5, 0.6) is 0 Å². The molecule has 0 saturated heterocycles. The van der Waals surface area contributed by atoms with Crippen LogP contribution in [0.1, 0.15) is 28.1 Å². The Balaban J connectivity index is 2.74. The number of nitrogens with zero attached hydrogens (tertiary/aromatic N) is 4. The molecule has 0 N–H and O–H groups in total. The molecule has 0 radical (unpaired) electrons. The molecule has 2 aromatic heterocycles. The van der Waals surface area contributed by atoms with Crippen LogP contribution in [0.2, 0.25) is 0 Å². The molecule has 0 spiro atoms. The van der Waals surface area contributed by atoms with E-state index in [1.165, 1.54) is 5.56 Å². The third-order valence-electron chi connectivity index (χ3n) is 3.28. The minimum Gasteiger partial charge on any atom is -0.212 e. The van der Waals surface area contributed by atoms with Crippen molar-refractivity contribution in [3.8, 4) is 12.4 Å². The summed E-state index contributed by atoms with van der Waals surface area (Å²) in [4.78, 5) is 8.41. The third-order valence-corrected chi connectivity index (χ3v) is 3.28. The molecule has 4 nitrogen and oxygen atoms in total. The van der Waals surface area contributed by atoms with E-state index < -0.39 is 0 Å². The van der Waals surface area contributed by atoms with Gasteiger partial charge in [-0.15, -0.1) is 0 Å². The van der Waals surface area contributed by atoms with E-state index in [1.54, 1.807) is 4.68 Å². The first-order valence-corrected chi connectivity index (χ1v) is 5.88. The van der Waals surface area contributed by atoms with Crippen LogP contribution in [-0.2, 0) is 0 Å². The molecule has 0 aromatic carbocycles. The van der Waals surface area contributed by atoms with E-state index in [4.69, 9.17) is 6.57 Å². The summed E-state index contributed by atoms with van der Waals surface area (Å²) in [6, 6.07) is 2.10. The van der Waals surface area contributed by atoms with Gasteiger partial charge >= 0.3 is 5.82 Å². The smallest absolute Gasteiger partial charge is 0.212 e. The van der Waals surface area contributed by atoms with Crippen molar-refractivity contribution in [2.24, 2.45) is 0 Å². The van der Waals surface area contributed by atoms with Crippen LogP contribution in [0.4, 0.5) is 5.82 Å². The summed E-state index contributed by atoms with van der Waals surface area (Å²) in [6.45, 7) is 15.4. The van der Waals surface area contributed by atoms with Crippen molar-refractivity contribution in [3.63, 3.8) is 0 Å². The molecule has 0 aliphatic heterocycles. The normalized spacial score (nSPS) is 10.4. The molecule has 2 heterocycles. The van der Waals surface area contributed by atoms with Gasteiger partial charge in [0.05, 0.1) is 11.3 Å². The molecule has 2 rings (SSSR count). The van der Waals surface area contributed by atoms with Crippen LogP contribution >= 0.6 is 0 Å². The first-order chi connectivity index (χ1) is 8.45. The predicted octanol–water partition coefficient (Wildman–Crippen LogP) is 3.40. The van der Waals surface area contributed by atoms with Gasteiger partial charge in [0.1, 0.15) is 6.57 Å². The second-order valence-electron chi connectivity index (χ2n) is 4.61. The van der Waals surface area contributed by atoms with Crippen LogP contribution in [0.25, 0.3) is 10.7 Å². The average molecular weight is 241 g/mol. The lowest BCUT2D eigenvalue weighted by atomic mass is 10.1. The van der Waals surface area contributed by atoms with E-state index in [2.05, 4.69) is 21.0 Å². The molecule has 0 bridgehead atoms. The minimum atomic E-state index is 0.659. The fourth-order valence-electron chi connectivity index (χ4n) is 1.94. The van der Waals surface area contributed by atoms with Crippen molar-refractivity contribution < 1.29 is 0 Å². The molecule has 0 fully saturated rings. The number of hydrogen-bond donors (Lipinski definition) is 0. The SMILES string of the molecule is C#[N+]c1c(C)c(C)nn1-c1nc(C)c(C)cc1C. The summed E-state index contributed by atoms with van der Waals surface area (Å²) >= 11 is 0. The number of pyridine rings is 1. The molecule has 4 heteroatoms. The van der Waals surface area contributed by atoms with Gasteiger partial charge in [-0.2, -0.15) is 4.85 Å². The van der Waals surface area contributed by atoms with E-state index in [1.807, 2.05) is 34.6 Å². The topological polar surface area (TPSA) is 35.1 Å². The highest BCUT2D eigenvalue weighted by Gasteiger charge is 2.24. The summed E-state index contributed by atoms with van der Waals surface area (Å²) in [5.41, 5.74) is 5.12. The van der Waals surface area contributed by atoms with Crippen LogP contribution in [0.15, 0.2) is 6.07 Å². The van der Waals surface area contributed by atoms with E-state index in [9.17, 15) is 0 Å². The summed E-state index contributed by atoms with van der Waals surface area (Å²) in [6.07, 6.45) is 0. The molecule has 2 aromatic rings. The lowest BCUT2D eigenvalue weighted by Crippen LogP contribution is -2.04. The molecule has 0 aliphatic carbocycles. The maximum absolute atomic E-state index is 5.46. The zero-order chi connectivity index (χ0) is 13.4. The van der Waals surface area contributed by atoms with Crippen LogP contribution in [-0.4, -0.2) is 14.8 Å². The van der Waals surface area contributed by atoms with Gasteiger partial charge in [0.25, 0.3) is 5.82 Å². The molecule has 92 valence electrons. The summed E-state index contributed by atoms with van der Waals surface area (Å²) in [5, 5.41) is 4.46. The fourth-order valence-corrected chi connectivity index (χ4v) is 1.94. The van der Waals surface area contributed by atoms with Crippen molar-refractivity contribution >= 4 is 5.82 Å². The van der Waals surface area contributed by atoms with E-state index in [0.29, 0.717) is 5.82 Å². The van der Waals surface area contributed by atoms with Crippen molar-refractivity contribution in [2.75, 3.05) is 0 Å². The summed E-state index contributed by atoms with van der Waals surface area (Å²) < 4.78 is 1.71. The van der Waals surface area contributed by atoms with E-state index >= 15 is 0 Å². The second-order valence-corrected chi connectivity index (χ2v) is 4.61. The van der Waals surface area contributed by atoms with Gasteiger partial charge in [0.2, 0.25) is 0 Å². The molecule has 0 atom stereocenters. The van der Waals surface area contributed by atoms with Gasteiger partial charge in [0, 0.05) is 11.3 Å². The molecule has 0 amide bonds. The lowest BCUT2D eigenvalue weighted by molar-refractivity contribution is 0.828. The van der Waals surface area contributed by atoms with Gasteiger partial charge in [-0.3, -0.25) is 0 Å². The van der Waals surface area contributed by atoms with Crippen molar-refractivity contribution in [1.82, 2.24) is 14.8 Å². The fraction of sp³-hybridized carbons (Fsp3) is 0.357. The minimum absolute atomic E-state index is 0.659. The molecular weight excluding hydrogens is 224 g/mol. The number of aryl methyl sites for hydroxylation is 4. The third kappa shape index (κ3) is 1.78. The number of aromatic nitrogens is 3. The largest absolute Gasteiger partial charge is 0.416 e. The quantitative estimate of drug-likeness (QED) is 0.767. The monoisotopic (exact) mass is 241 g/mol. The molecular formula is C14H17N4+. The highest BCUT2D eigenvalue weighted by molar-refractivity contribution is 5.54. The Hall–Kier alpha value is -2.15. The Bertz CT molecular complexity index is 659. The van der Waals surface area contributed by atoms with Crippen LogP contribution in [0, 0.1) is 41.2 Å². The first kappa shape index (κ1) is 12.3. The van der Waals surface area contributed by atoms with Crippen molar-refractivity contribution in [1.29, 1.82) is 0 Å². The lowest BCUT2D eigenvalue weighted by Gasteiger charge is -2.04. The van der Waals surface area contributed by atoms with Crippen LogP contribution in [0.3, 0.4) is 0 Å². The Labute approximate surface area is 107 Å². The van der Waals surface area contributed by atoms with Crippen LogP contribution < -0.4 is 0 Å². The summed E-state index contributed by atoms with van der Waals surface area (Å²) in [7, 11) is 0. The van der Waals surface area contributed by atoms with Gasteiger partial charge in [-0.25, -0.2) is 4.98 Å².